The van der Waals surface area contributed by atoms with E-state index in [1.54, 1.807) is 13.2 Å². The molecule has 3 heterocycles. The maximum absolute atomic E-state index is 13.3. The Bertz CT molecular complexity index is 973. The Kier molecular flexibility index (Phi) is 4.14. The van der Waals surface area contributed by atoms with Gasteiger partial charge in [-0.05, 0) is 43.2 Å². The van der Waals surface area contributed by atoms with Crippen molar-refractivity contribution in [3.63, 3.8) is 0 Å². The summed E-state index contributed by atoms with van der Waals surface area (Å²) in [5.41, 5.74) is -0.0989. The van der Waals surface area contributed by atoms with E-state index in [1.165, 1.54) is 0 Å². The molecule has 0 saturated carbocycles. The number of rotatable bonds is 2. The van der Waals surface area contributed by atoms with Crippen LogP contribution >= 0.6 is 0 Å². The van der Waals surface area contributed by atoms with Crippen LogP contribution in [0, 0.1) is 4.78 Å². The highest BCUT2D eigenvalue weighted by atomic mass is 32.2. The van der Waals surface area contributed by atoms with Gasteiger partial charge in [0, 0.05) is 27.4 Å². The molecule has 1 amide bonds. The van der Waals surface area contributed by atoms with E-state index in [9.17, 15) is 9.00 Å². The molecule has 7 heteroatoms. The normalized spacial score (nSPS) is 28.6. The van der Waals surface area contributed by atoms with Crippen molar-refractivity contribution in [1.82, 2.24) is 9.88 Å². The summed E-state index contributed by atoms with van der Waals surface area (Å²) >= 11 is 0. The molecule has 0 bridgehead atoms. The Morgan fingerprint density at radius 1 is 1.31 bits per heavy atom. The summed E-state index contributed by atoms with van der Waals surface area (Å²) in [5, 5.41) is 1.78. The summed E-state index contributed by atoms with van der Waals surface area (Å²) < 4.78 is 25.9. The van der Waals surface area contributed by atoms with E-state index < -0.39 is 15.3 Å². The summed E-state index contributed by atoms with van der Waals surface area (Å²) in [6.07, 6.45) is 3.26. The molecular weight excluding hydrogens is 350 g/mol. The smallest absolute Gasteiger partial charge is 0.273 e. The van der Waals surface area contributed by atoms with E-state index >= 15 is 0 Å². The van der Waals surface area contributed by atoms with Crippen LogP contribution in [-0.4, -0.2) is 50.7 Å². The zero-order chi connectivity index (χ0) is 18.4. The van der Waals surface area contributed by atoms with Crippen LogP contribution in [0.2, 0.25) is 0 Å². The van der Waals surface area contributed by atoms with Gasteiger partial charge in [-0.25, -0.2) is 9.19 Å². The topological polar surface area (TPSA) is 83.3 Å². The largest absolute Gasteiger partial charge is 0.481 e. The van der Waals surface area contributed by atoms with Crippen LogP contribution in [-0.2, 0) is 9.73 Å². The molecule has 2 aliphatic rings. The molecule has 1 aromatic heterocycles. The number of methoxy groups -OCH3 is 1. The van der Waals surface area contributed by atoms with Crippen LogP contribution < -0.4 is 4.74 Å². The van der Waals surface area contributed by atoms with Crippen molar-refractivity contribution < 1.29 is 13.7 Å². The maximum atomic E-state index is 13.3. The molecule has 0 aliphatic carbocycles. The molecule has 6 nitrogen and oxygen atoms in total. The molecule has 2 unspecified atom stereocenters. The lowest BCUT2D eigenvalue weighted by Gasteiger charge is -2.41. The lowest BCUT2D eigenvalue weighted by atomic mass is 9.92. The van der Waals surface area contributed by atoms with Crippen LogP contribution in [0.25, 0.3) is 10.8 Å². The SMILES string of the molecule is COc1nc(C(=O)N2CCCC23CCCS(=N)(=O)C3)cc2ccccc12. The van der Waals surface area contributed by atoms with E-state index in [2.05, 4.69) is 4.98 Å². The number of fused-ring (bicyclic) bond motifs is 1. The van der Waals surface area contributed by atoms with Gasteiger partial charge in [-0.3, -0.25) is 9.57 Å². The van der Waals surface area contributed by atoms with Gasteiger partial charge in [0.2, 0.25) is 5.88 Å². The molecule has 2 fully saturated rings. The maximum Gasteiger partial charge on any atom is 0.273 e. The van der Waals surface area contributed by atoms with Crippen molar-refractivity contribution >= 4 is 26.4 Å². The molecule has 1 aromatic carbocycles. The highest BCUT2D eigenvalue weighted by Crippen LogP contribution is 2.39. The van der Waals surface area contributed by atoms with Gasteiger partial charge in [-0.2, -0.15) is 0 Å². The van der Waals surface area contributed by atoms with Gasteiger partial charge in [0.25, 0.3) is 5.91 Å². The van der Waals surface area contributed by atoms with Crippen molar-refractivity contribution in [2.45, 2.75) is 31.2 Å². The molecule has 4 rings (SSSR count). The predicted molar refractivity (Wildman–Crippen MR) is 101 cm³/mol. The standard InChI is InChI=1S/C19H23N3O3S/c1-25-17-15-7-3-2-6-14(15)12-16(21-17)18(23)22-10-4-8-19(22)9-5-11-26(20,24)13-19/h2-3,6-7,12,20H,4-5,8-11,13H2,1H3. The number of aromatic nitrogens is 1. The number of carbonyl (C=O) groups excluding carboxylic acids is 1. The first kappa shape index (κ1) is 17.3. The molecule has 26 heavy (non-hydrogen) atoms. The number of ether oxygens (including phenoxy) is 1. The number of amides is 1. The Hall–Kier alpha value is -2.15. The van der Waals surface area contributed by atoms with Gasteiger partial charge in [0.15, 0.2) is 0 Å². The van der Waals surface area contributed by atoms with E-state index in [4.69, 9.17) is 9.52 Å². The highest BCUT2D eigenvalue weighted by molar-refractivity contribution is 7.92. The van der Waals surface area contributed by atoms with Crippen LogP contribution in [0.5, 0.6) is 5.88 Å². The third kappa shape index (κ3) is 2.84. The second kappa shape index (κ2) is 6.23. The molecule has 0 radical (unpaired) electrons. The van der Waals surface area contributed by atoms with Crippen molar-refractivity contribution in [2.24, 2.45) is 0 Å². The first-order chi connectivity index (χ1) is 12.4. The zero-order valence-corrected chi connectivity index (χ0v) is 15.7. The number of benzene rings is 1. The van der Waals surface area contributed by atoms with Crippen LogP contribution in [0.3, 0.4) is 0 Å². The highest BCUT2D eigenvalue weighted by Gasteiger charge is 2.47. The molecular formula is C19H23N3O3S. The van der Waals surface area contributed by atoms with E-state index in [1.807, 2.05) is 29.2 Å². The molecule has 1 N–H and O–H groups in total. The fraction of sp³-hybridized carbons (Fsp3) is 0.474. The van der Waals surface area contributed by atoms with Gasteiger partial charge in [0.1, 0.15) is 5.69 Å². The van der Waals surface area contributed by atoms with Gasteiger partial charge in [-0.15, -0.1) is 0 Å². The van der Waals surface area contributed by atoms with Crippen molar-refractivity contribution in [2.75, 3.05) is 25.2 Å². The van der Waals surface area contributed by atoms with Gasteiger partial charge < -0.3 is 9.64 Å². The third-order valence-electron chi connectivity index (χ3n) is 5.58. The van der Waals surface area contributed by atoms with E-state index in [0.717, 1.165) is 36.5 Å². The number of nitrogens with zero attached hydrogens (tertiary/aromatic N) is 2. The number of likely N-dealkylation sites (tertiary alicyclic amines) is 1. The molecule has 138 valence electrons. The number of hydrogen-bond donors (Lipinski definition) is 1. The number of pyridine rings is 1. The zero-order valence-electron chi connectivity index (χ0n) is 14.9. The minimum atomic E-state index is -2.61. The average molecular weight is 373 g/mol. The van der Waals surface area contributed by atoms with Gasteiger partial charge in [-0.1, -0.05) is 18.2 Å². The monoisotopic (exact) mass is 373 g/mol. The second-order valence-corrected chi connectivity index (χ2v) is 9.61. The summed E-state index contributed by atoms with van der Waals surface area (Å²) in [6.45, 7) is 0.630. The lowest BCUT2D eigenvalue weighted by molar-refractivity contribution is 0.0602. The Morgan fingerprint density at radius 2 is 2.08 bits per heavy atom. The van der Waals surface area contributed by atoms with E-state index in [-0.39, 0.29) is 11.7 Å². The fourth-order valence-corrected chi connectivity index (χ4v) is 6.52. The molecule has 2 aromatic rings. The Balaban J connectivity index is 1.74. The second-order valence-electron chi connectivity index (χ2n) is 7.29. The first-order valence-electron chi connectivity index (χ1n) is 8.94. The van der Waals surface area contributed by atoms with Crippen LogP contribution in [0.4, 0.5) is 0 Å². The molecule has 2 atom stereocenters. The minimum absolute atomic E-state index is 0.149. The van der Waals surface area contributed by atoms with Gasteiger partial charge >= 0.3 is 0 Å². The van der Waals surface area contributed by atoms with Gasteiger partial charge in [0.05, 0.1) is 18.4 Å². The van der Waals surface area contributed by atoms with Crippen molar-refractivity contribution in [3.8, 4) is 5.88 Å². The quantitative estimate of drug-likeness (QED) is 0.877. The Morgan fingerprint density at radius 3 is 2.85 bits per heavy atom. The van der Waals surface area contributed by atoms with Crippen LogP contribution in [0.1, 0.15) is 36.2 Å². The van der Waals surface area contributed by atoms with Crippen LogP contribution in [0.15, 0.2) is 30.3 Å². The molecule has 1 spiro atoms. The summed E-state index contributed by atoms with van der Waals surface area (Å²) in [6, 6.07) is 9.49. The minimum Gasteiger partial charge on any atom is -0.481 e. The third-order valence-corrected chi connectivity index (χ3v) is 7.53. The number of hydrogen-bond acceptors (Lipinski definition) is 5. The average Bonchev–Trinajstić information content (AvgIpc) is 3.01. The summed E-state index contributed by atoms with van der Waals surface area (Å²) in [7, 11) is -1.06. The predicted octanol–water partition coefficient (Wildman–Crippen LogP) is 3.06. The summed E-state index contributed by atoms with van der Waals surface area (Å²) in [5.74, 6) is 1.02. The summed E-state index contributed by atoms with van der Waals surface area (Å²) in [4.78, 5) is 19.6. The lowest BCUT2D eigenvalue weighted by Crippen LogP contribution is -2.54. The molecule has 2 saturated heterocycles. The molecule has 2 aliphatic heterocycles. The Labute approximate surface area is 153 Å². The van der Waals surface area contributed by atoms with Crippen molar-refractivity contribution in [1.29, 1.82) is 4.78 Å². The fourth-order valence-electron chi connectivity index (χ4n) is 4.45. The first-order valence-corrected chi connectivity index (χ1v) is 10.8. The number of nitrogens with one attached hydrogen (secondary N) is 1. The van der Waals surface area contributed by atoms with E-state index in [0.29, 0.717) is 23.9 Å². The van der Waals surface area contributed by atoms with Crippen molar-refractivity contribution in [3.05, 3.63) is 36.0 Å². The number of carbonyl (C=O) groups is 1.